The number of rotatable bonds is 3. The highest BCUT2D eigenvalue weighted by molar-refractivity contribution is 7.45. The highest BCUT2D eigenvalue weighted by Gasteiger charge is 2.01. The zero-order chi connectivity index (χ0) is 17.6. The van der Waals surface area contributed by atoms with Gasteiger partial charge in [-0.05, 0) is 35.4 Å². The highest BCUT2D eigenvalue weighted by atomic mass is 31.2. The fraction of sp³-hybridized carbons (Fsp3) is 0.250. The highest BCUT2D eigenvalue weighted by Crippen LogP contribution is 2.26. The van der Waals surface area contributed by atoms with Gasteiger partial charge in [-0.25, -0.2) is 4.57 Å². The lowest BCUT2D eigenvalue weighted by atomic mass is 10.0. The number of benzene rings is 2. The predicted octanol–water partition coefficient (Wildman–Crippen LogP) is 2.56. The molecule has 0 atom stereocenters. The first-order valence-corrected chi connectivity index (χ1v) is 8.48. The number of hydrogen-bond donors (Lipinski definition) is 3. The molecular weight excluding hydrogens is 315 g/mol. The van der Waals surface area contributed by atoms with Crippen LogP contribution in [-0.2, 0) is 4.57 Å². The Labute approximate surface area is 136 Å². The Hall–Kier alpha value is -1.85. The molecule has 2 aromatic rings. The molecule has 0 saturated carbocycles. The van der Waals surface area contributed by atoms with Gasteiger partial charge in [-0.1, -0.05) is 24.3 Å². The quantitative estimate of drug-likeness (QED) is 0.746. The summed E-state index contributed by atoms with van der Waals surface area (Å²) in [5, 5.41) is 0. The summed E-state index contributed by atoms with van der Waals surface area (Å²) < 4.78 is 8.88. The maximum Gasteiger partial charge on any atom is 0.466 e. The molecule has 0 saturated heterocycles. The van der Waals surface area contributed by atoms with Crippen molar-refractivity contribution in [3.63, 3.8) is 0 Å². The van der Waals surface area contributed by atoms with Crippen molar-refractivity contribution in [2.24, 2.45) is 0 Å². The van der Waals surface area contributed by atoms with Crippen molar-refractivity contribution in [2.45, 2.75) is 0 Å². The van der Waals surface area contributed by atoms with Crippen molar-refractivity contribution in [1.29, 1.82) is 0 Å². The normalized spacial score (nSPS) is 10.6. The molecule has 0 radical (unpaired) electrons. The first-order valence-electron chi connectivity index (χ1n) is 6.91. The molecule has 0 aromatic heterocycles. The topological polar surface area (TPSA) is 84.2 Å². The lowest BCUT2D eigenvalue weighted by Gasteiger charge is -2.14. The third-order valence-electron chi connectivity index (χ3n) is 3.10. The van der Waals surface area contributed by atoms with Gasteiger partial charge in [0.05, 0.1) is 0 Å². The molecule has 0 bridgehead atoms. The van der Waals surface area contributed by atoms with Crippen LogP contribution in [0.5, 0.6) is 0 Å². The average molecular weight is 338 g/mol. The lowest BCUT2D eigenvalue weighted by Crippen LogP contribution is -2.08. The predicted molar refractivity (Wildman–Crippen MR) is 94.8 cm³/mol. The molecule has 2 aromatic carbocycles. The summed E-state index contributed by atoms with van der Waals surface area (Å²) in [6.45, 7) is 0. The first kappa shape index (κ1) is 19.2. The van der Waals surface area contributed by atoms with Gasteiger partial charge in [0.2, 0.25) is 0 Å². The van der Waals surface area contributed by atoms with Crippen LogP contribution in [0.1, 0.15) is 0 Å². The van der Waals surface area contributed by atoms with Gasteiger partial charge >= 0.3 is 7.82 Å². The molecule has 3 N–H and O–H groups in total. The standard InChI is InChI=1S/C16H20N2.H3O4P/c1-17(2)15-9-5-13(6-10-15)14-7-11-16(12-8-14)18(3)4;1-5(2,3)4/h5-12H,1-4H3;(H3,1,2,3,4). The molecule has 6 nitrogen and oxygen atoms in total. The number of nitrogens with zero attached hydrogens (tertiary/aromatic N) is 2. The Morgan fingerprint density at radius 1 is 0.652 bits per heavy atom. The fourth-order valence-corrected chi connectivity index (χ4v) is 1.90. The van der Waals surface area contributed by atoms with Crippen molar-refractivity contribution in [2.75, 3.05) is 38.0 Å². The Morgan fingerprint density at radius 3 is 1.04 bits per heavy atom. The molecule has 0 heterocycles. The zero-order valence-corrected chi connectivity index (χ0v) is 14.6. The van der Waals surface area contributed by atoms with E-state index in [1.165, 1.54) is 22.5 Å². The molecule has 7 heteroatoms. The SMILES string of the molecule is CN(C)c1ccc(-c2ccc(N(C)C)cc2)cc1.O=P(O)(O)O. The van der Waals surface area contributed by atoms with Crippen LogP contribution in [0.4, 0.5) is 11.4 Å². The van der Waals surface area contributed by atoms with Gasteiger partial charge in [0.25, 0.3) is 0 Å². The van der Waals surface area contributed by atoms with E-state index in [9.17, 15) is 0 Å². The van der Waals surface area contributed by atoms with Crippen LogP contribution in [0.15, 0.2) is 48.5 Å². The van der Waals surface area contributed by atoms with E-state index in [0.717, 1.165) is 0 Å². The molecule has 2 rings (SSSR count). The summed E-state index contributed by atoms with van der Waals surface area (Å²) in [6, 6.07) is 17.3. The fourth-order valence-electron chi connectivity index (χ4n) is 1.90. The summed E-state index contributed by atoms with van der Waals surface area (Å²) in [7, 11) is 3.59. The maximum atomic E-state index is 8.88. The maximum absolute atomic E-state index is 8.88. The van der Waals surface area contributed by atoms with E-state index in [1.807, 2.05) is 0 Å². The monoisotopic (exact) mass is 338 g/mol. The average Bonchev–Trinajstić information content (AvgIpc) is 2.46. The molecule has 0 aliphatic rings. The summed E-state index contributed by atoms with van der Waals surface area (Å²) in [6.07, 6.45) is 0. The first-order chi connectivity index (χ1) is 10.6. The van der Waals surface area contributed by atoms with E-state index >= 15 is 0 Å². The van der Waals surface area contributed by atoms with E-state index in [-0.39, 0.29) is 0 Å². The van der Waals surface area contributed by atoms with Gasteiger partial charge in [-0.15, -0.1) is 0 Å². The van der Waals surface area contributed by atoms with Crippen LogP contribution in [-0.4, -0.2) is 42.9 Å². The number of phosphoric acid groups is 1. The second-order valence-corrected chi connectivity index (χ2v) is 6.42. The minimum Gasteiger partial charge on any atom is -0.378 e. The van der Waals surface area contributed by atoms with E-state index in [0.29, 0.717) is 0 Å². The van der Waals surface area contributed by atoms with Crippen molar-refractivity contribution < 1.29 is 19.2 Å². The van der Waals surface area contributed by atoms with E-state index < -0.39 is 7.82 Å². The summed E-state index contributed by atoms with van der Waals surface area (Å²) in [4.78, 5) is 25.8. The molecule has 0 aliphatic heterocycles. The molecule has 126 valence electrons. The number of hydrogen-bond acceptors (Lipinski definition) is 3. The van der Waals surface area contributed by atoms with E-state index in [4.69, 9.17) is 19.2 Å². The molecule has 0 amide bonds. The summed E-state index contributed by atoms with van der Waals surface area (Å²) in [5.41, 5.74) is 4.96. The van der Waals surface area contributed by atoms with Gasteiger partial charge in [0.1, 0.15) is 0 Å². The zero-order valence-electron chi connectivity index (χ0n) is 13.7. The largest absolute Gasteiger partial charge is 0.466 e. The second-order valence-electron chi connectivity index (χ2n) is 5.40. The van der Waals surface area contributed by atoms with Gasteiger partial charge in [-0.2, -0.15) is 0 Å². The van der Waals surface area contributed by atoms with Crippen molar-refractivity contribution >= 4 is 19.2 Å². The smallest absolute Gasteiger partial charge is 0.378 e. The molecule has 0 spiro atoms. The Bertz CT molecular complexity index is 591. The summed E-state index contributed by atoms with van der Waals surface area (Å²) >= 11 is 0. The van der Waals surface area contributed by atoms with Crippen molar-refractivity contribution in [1.82, 2.24) is 0 Å². The minimum atomic E-state index is -4.64. The van der Waals surface area contributed by atoms with Crippen molar-refractivity contribution in [3.05, 3.63) is 48.5 Å². The Morgan fingerprint density at radius 2 is 0.870 bits per heavy atom. The third-order valence-corrected chi connectivity index (χ3v) is 3.10. The van der Waals surface area contributed by atoms with Gasteiger partial charge in [0.15, 0.2) is 0 Å². The third kappa shape index (κ3) is 7.30. The summed E-state index contributed by atoms with van der Waals surface area (Å²) in [5.74, 6) is 0. The van der Waals surface area contributed by atoms with E-state index in [1.54, 1.807) is 0 Å². The number of anilines is 2. The van der Waals surface area contributed by atoms with Crippen LogP contribution in [0.2, 0.25) is 0 Å². The molecule has 0 fully saturated rings. The van der Waals surface area contributed by atoms with Crippen LogP contribution in [0.25, 0.3) is 11.1 Å². The Balaban J connectivity index is 0.000000463. The van der Waals surface area contributed by atoms with Crippen molar-refractivity contribution in [3.8, 4) is 11.1 Å². The van der Waals surface area contributed by atoms with Crippen LogP contribution >= 0.6 is 7.82 Å². The molecule has 23 heavy (non-hydrogen) atoms. The van der Waals surface area contributed by atoms with Gasteiger partial charge in [0, 0.05) is 39.6 Å². The van der Waals surface area contributed by atoms with Crippen LogP contribution in [0.3, 0.4) is 0 Å². The minimum absolute atomic E-state index is 1.23. The molecule has 0 aliphatic carbocycles. The second kappa shape index (κ2) is 8.13. The van der Waals surface area contributed by atoms with Crippen LogP contribution < -0.4 is 9.80 Å². The van der Waals surface area contributed by atoms with Gasteiger partial charge in [-0.3, -0.25) is 0 Å². The van der Waals surface area contributed by atoms with Gasteiger partial charge < -0.3 is 24.5 Å². The molecular formula is C16H23N2O4P. The molecule has 0 unspecified atom stereocenters. The van der Waals surface area contributed by atoms with Crippen LogP contribution in [0, 0.1) is 0 Å². The lowest BCUT2D eigenvalue weighted by molar-refractivity contribution is 0.275. The van der Waals surface area contributed by atoms with E-state index in [2.05, 4.69) is 86.5 Å². The Kier molecular flexibility index (Phi) is 6.79.